The van der Waals surface area contributed by atoms with Crippen LogP contribution >= 0.6 is 0 Å². The summed E-state index contributed by atoms with van der Waals surface area (Å²) in [4.78, 5) is 26.5. The molecule has 0 fully saturated rings. The lowest BCUT2D eigenvalue weighted by molar-refractivity contribution is -0.140. The van der Waals surface area contributed by atoms with Gasteiger partial charge in [0.25, 0.3) is 0 Å². The van der Waals surface area contributed by atoms with Crippen LogP contribution in [0.2, 0.25) is 0 Å². The minimum atomic E-state index is -0.929. The Morgan fingerprint density at radius 2 is 1.90 bits per heavy atom. The molecule has 1 aromatic carbocycles. The topological polar surface area (TPSA) is 104 Å². The SMILES string of the molecule is [2H]C(NN(C)[C@H](C)[C@@H](O)c1ccccc1)c1[nH]cc(CCC(=O)OC)c1CC(=O)OC. The Labute approximate surface area is 178 Å². The van der Waals surface area contributed by atoms with Gasteiger partial charge in [0.2, 0.25) is 0 Å². The molecule has 1 heterocycles. The second kappa shape index (κ2) is 11.5. The molecule has 1 unspecified atom stereocenters. The number of rotatable bonds is 11. The first-order valence-electron chi connectivity index (χ1n) is 10.3. The molecule has 0 saturated heterocycles. The number of ether oxygens (including phenoxy) is 2. The van der Waals surface area contributed by atoms with E-state index in [2.05, 4.69) is 15.1 Å². The third kappa shape index (κ3) is 6.41. The number of aliphatic hydroxyl groups is 1. The molecular formula is C22H31N3O5. The fourth-order valence-corrected chi connectivity index (χ4v) is 3.05. The van der Waals surface area contributed by atoms with Gasteiger partial charge in [-0.1, -0.05) is 30.3 Å². The highest BCUT2D eigenvalue weighted by Crippen LogP contribution is 2.21. The smallest absolute Gasteiger partial charge is 0.310 e. The van der Waals surface area contributed by atoms with Crippen LogP contribution < -0.4 is 5.43 Å². The fourth-order valence-electron chi connectivity index (χ4n) is 3.05. The molecule has 0 aliphatic heterocycles. The van der Waals surface area contributed by atoms with Crippen molar-refractivity contribution in [2.24, 2.45) is 0 Å². The van der Waals surface area contributed by atoms with Gasteiger partial charge < -0.3 is 19.6 Å². The largest absolute Gasteiger partial charge is 0.469 e. The lowest BCUT2D eigenvalue weighted by Gasteiger charge is -2.29. The molecular weight excluding hydrogens is 386 g/mol. The van der Waals surface area contributed by atoms with Crippen LogP contribution in [0.5, 0.6) is 0 Å². The van der Waals surface area contributed by atoms with Crippen LogP contribution in [-0.4, -0.2) is 54.3 Å². The van der Waals surface area contributed by atoms with E-state index in [0.717, 1.165) is 11.1 Å². The van der Waals surface area contributed by atoms with Gasteiger partial charge in [0.05, 0.1) is 40.7 Å². The Morgan fingerprint density at radius 1 is 1.23 bits per heavy atom. The number of aromatic nitrogens is 1. The molecule has 8 heteroatoms. The number of hydrogen-bond donors (Lipinski definition) is 3. The quantitative estimate of drug-likeness (QED) is 0.378. The standard InChI is InChI=1S/C22H31N3O5/c1-15(22(28)16-8-6-5-7-9-16)25(2)24-14-19-18(12-21(27)30-4)17(13-23-19)10-11-20(26)29-3/h5-9,13,15,22-24,28H,10-12,14H2,1-4H3/t15-,22-/m1/s1/i14D/t14?,15-,22-. The predicted molar refractivity (Wildman–Crippen MR) is 112 cm³/mol. The third-order valence-electron chi connectivity index (χ3n) is 5.11. The monoisotopic (exact) mass is 418 g/mol. The Balaban J connectivity index is 2.15. The van der Waals surface area contributed by atoms with Gasteiger partial charge in [0.15, 0.2) is 0 Å². The highest BCUT2D eigenvalue weighted by atomic mass is 16.5. The average Bonchev–Trinajstić information content (AvgIpc) is 3.18. The zero-order chi connectivity index (χ0) is 23.0. The molecule has 164 valence electrons. The van der Waals surface area contributed by atoms with Crippen LogP contribution in [0, 0.1) is 0 Å². The van der Waals surface area contributed by atoms with Gasteiger partial charge in [-0.25, -0.2) is 10.4 Å². The lowest BCUT2D eigenvalue weighted by atomic mass is 10.0. The molecule has 0 spiro atoms. The number of methoxy groups -OCH3 is 2. The van der Waals surface area contributed by atoms with E-state index in [1.165, 1.54) is 14.2 Å². The molecule has 0 aliphatic carbocycles. The van der Waals surface area contributed by atoms with Crippen LogP contribution in [0.4, 0.5) is 0 Å². The van der Waals surface area contributed by atoms with Crippen molar-refractivity contribution >= 4 is 11.9 Å². The zero-order valence-corrected chi connectivity index (χ0v) is 17.8. The van der Waals surface area contributed by atoms with E-state index >= 15 is 0 Å². The maximum Gasteiger partial charge on any atom is 0.310 e. The van der Waals surface area contributed by atoms with Crippen molar-refractivity contribution in [1.82, 2.24) is 15.4 Å². The molecule has 0 saturated carbocycles. The highest BCUT2D eigenvalue weighted by molar-refractivity contribution is 5.74. The van der Waals surface area contributed by atoms with E-state index < -0.39 is 18.6 Å². The minimum Gasteiger partial charge on any atom is -0.469 e. The van der Waals surface area contributed by atoms with Crippen LogP contribution in [-0.2, 0) is 38.4 Å². The summed E-state index contributed by atoms with van der Waals surface area (Å²) < 4.78 is 18.1. The molecule has 0 bridgehead atoms. The van der Waals surface area contributed by atoms with Gasteiger partial charge in [-0.05, 0) is 30.0 Å². The van der Waals surface area contributed by atoms with Crippen molar-refractivity contribution in [3.05, 3.63) is 58.9 Å². The Hall–Kier alpha value is -2.68. The number of hydrogen-bond acceptors (Lipinski definition) is 7. The summed E-state index contributed by atoms with van der Waals surface area (Å²) >= 11 is 0. The number of esters is 2. The molecule has 0 radical (unpaired) electrons. The van der Waals surface area contributed by atoms with Gasteiger partial charge in [0.1, 0.15) is 0 Å². The second-order valence-corrected chi connectivity index (χ2v) is 7.02. The van der Waals surface area contributed by atoms with Crippen LogP contribution in [0.15, 0.2) is 36.5 Å². The van der Waals surface area contributed by atoms with Crippen molar-refractivity contribution in [1.29, 1.82) is 0 Å². The summed E-state index contributed by atoms with van der Waals surface area (Å²) in [5, 5.41) is 12.3. The maximum absolute atomic E-state index is 11.9. The molecule has 30 heavy (non-hydrogen) atoms. The van der Waals surface area contributed by atoms with Crippen LogP contribution in [0.1, 0.15) is 43.2 Å². The molecule has 0 aliphatic rings. The summed E-state index contributed by atoms with van der Waals surface area (Å²) in [5.74, 6) is -0.788. The minimum absolute atomic E-state index is 0.0190. The van der Waals surface area contributed by atoms with E-state index in [4.69, 9.17) is 6.11 Å². The number of aliphatic hydroxyl groups excluding tert-OH is 1. The summed E-state index contributed by atoms with van der Waals surface area (Å²) in [5.41, 5.74) is 5.68. The highest BCUT2D eigenvalue weighted by Gasteiger charge is 2.21. The number of nitrogens with one attached hydrogen (secondary N) is 2. The first-order valence-corrected chi connectivity index (χ1v) is 9.75. The van der Waals surface area contributed by atoms with Crippen molar-refractivity contribution in [2.75, 3.05) is 21.3 Å². The molecule has 8 nitrogen and oxygen atoms in total. The third-order valence-corrected chi connectivity index (χ3v) is 5.11. The fraction of sp³-hybridized carbons (Fsp3) is 0.455. The number of likely N-dealkylation sites (N-methyl/N-ethyl adjacent to an activating group) is 1. The number of nitrogens with zero attached hydrogens (tertiary/aromatic N) is 1. The number of carbonyl (C=O) groups excluding carboxylic acids is 2. The summed E-state index contributed by atoms with van der Waals surface area (Å²) in [6, 6.07) is 8.97. The van der Waals surface area contributed by atoms with Gasteiger partial charge in [-0.2, -0.15) is 0 Å². The second-order valence-electron chi connectivity index (χ2n) is 7.02. The van der Waals surface area contributed by atoms with Crippen LogP contribution in [0.3, 0.4) is 0 Å². The van der Waals surface area contributed by atoms with Gasteiger partial charge in [-0.3, -0.25) is 9.59 Å². The summed E-state index contributed by atoms with van der Waals surface area (Å²) in [6.45, 7) is 0.922. The van der Waals surface area contributed by atoms with Crippen molar-refractivity contribution in [2.45, 2.75) is 44.9 Å². The van der Waals surface area contributed by atoms with Crippen molar-refractivity contribution in [3.63, 3.8) is 0 Å². The van der Waals surface area contributed by atoms with E-state index in [9.17, 15) is 14.7 Å². The number of carbonyl (C=O) groups is 2. The van der Waals surface area contributed by atoms with E-state index in [1.54, 1.807) is 18.3 Å². The van der Waals surface area contributed by atoms with Gasteiger partial charge in [-0.15, -0.1) is 0 Å². The molecule has 3 N–H and O–H groups in total. The zero-order valence-electron chi connectivity index (χ0n) is 18.8. The van der Waals surface area contributed by atoms with E-state index in [-0.39, 0.29) is 24.9 Å². The van der Waals surface area contributed by atoms with Gasteiger partial charge >= 0.3 is 11.9 Å². The average molecular weight is 419 g/mol. The number of aryl methyl sites for hydroxylation is 1. The molecule has 2 aromatic rings. The number of aromatic amines is 1. The molecule has 0 amide bonds. The molecule has 3 atom stereocenters. The van der Waals surface area contributed by atoms with Gasteiger partial charge in [0, 0.05) is 25.4 Å². The first-order chi connectivity index (χ1) is 14.8. The number of benzene rings is 1. The van der Waals surface area contributed by atoms with Crippen molar-refractivity contribution < 1.29 is 25.5 Å². The Morgan fingerprint density at radius 3 is 2.53 bits per heavy atom. The summed E-state index contributed by atoms with van der Waals surface area (Å²) in [6.07, 6.45) is 1.47. The predicted octanol–water partition coefficient (Wildman–Crippen LogP) is 1.89. The Bertz CT molecular complexity index is 858. The first kappa shape index (κ1) is 22.0. The number of hydrazine groups is 1. The van der Waals surface area contributed by atoms with Crippen molar-refractivity contribution in [3.8, 4) is 0 Å². The Kier molecular flexibility index (Phi) is 8.43. The van der Waals surface area contributed by atoms with Crippen LogP contribution in [0.25, 0.3) is 0 Å². The number of H-pyrrole nitrogens is 1. The summed E-state index contributed by atoms with van der Waals surface area (Å²) in [7, 11) is 4.38. The normalized spacial score (nSPS) is 14.7. The van der Waals surface area contributed by atoms with E-state index in [1.807, 2.05) is 37.3 Å². The molecule has 1 aromatic heterocycles. The lowest BCUT2D eigenvalue weighted by Crippen LogP contribution is -2.43. The maximum atomic E-state index is 11.9. The molecule has 2 rings (SSSR count). The van der Waals surface area contributed by atoms with E-state index in [0.29, 0.717) is 17.7 Å².